The lowest BCUT2D eigenvalue weighted by Crippen LogP contribution is -2.59. The lowest BCUT2D eigenvalue weighted by atomic mass is 9.81. The number of esters is 1. The summed E-state index contributed by atoms with van der Waals surface area (Å²) in [7, 11) is 5.25. The van der Waals surface area contributed by atoms with Gasteiger partial charge in [-0.05, 0) is 142 Å². The Hall–Kier alpha value is -0.850. The van der Waals surface area contributed by atoms with E-state index in [-0.39, 0.29) is 45.3 Å². The first kappa shape index (κ1) is 53.3. The summed E-state index contributed by atoms with van der Waals surface area (Å²) in [5.41, 5.74) is 1.10. The number of ether oxygens (including phenoxy) is 6. The number of carbonyl (C=O) groups is 1. The van der Waals surface area contributed by atoms with Crippen LogP contribution >= 0.6 is 0 Å². The maximum Gasteiger partial charge on any atom is 0.302 e. The number of carbonyl (C=O) groups excluding carboxylic acids is 1. The Kier molecular flexibility index (Phi) is 25.2. The van der Waals surface area contributed by atoms with E-state index in [0.29, 0.717) is 31.5 Å². The van der Waals surface area contributed by atoms with E-state index in [1.54, 1.807) is 14.2 Å². The minimum absolute atomic E-state index is 0.0255. The molecule has 3 heterocycles. The molecule has 0 atom stereocenters. The summed E-state index contributed by atoms with van der Waals surface area (Å²) in [6, 6.07) is 0. The van der Waals surface area contributed by atoms with Crippen LogP contribution in [0.1, 0.15) is 163 Å². The van der Waals surface area contributed by atoms with Crippen molar-refractivity contribution in [1.82, 2.24) is 16.0 Å². The second-order valence-corrected chi connectivity index (χ2v) is 18.7. The van der Waals surface area contributed by atoms with Crippen LogP contribution in [0.15, 0.2) is 0 Å². The van der Waals surface area contributed by atoms with Gasteiger partial charge < -0.3 is 44.4 Å². The first-order valence-corrected chi connectivity index (χ1v) is 20.0. The van der Waals surface area contributed by atoms with Gasteiger partial charge in [-0.1, -0.05) is 13.8 Å². The molecule has 3 fully saturated rings. The molecule has 0 unspecified atom stereocenters. The van der Waals surface area contributed by atoms with Gasteiger partial charge in [0.2, 0.25) is 0 Å². The van der Waals surface area contributed by atoms with E-state index in [4.69, 9.17) is 23.7 Å². The molecule has 3 N–H and O–H groups in total. The predicted molar refractivity (Wildman–Crippen MR) is 218 cm³/mol. The maximum absolute atomic E-state index is 10.0. The minimum atomic E-state index is -0.213. The molecule has 3 aliphatic rings. The summed E-state index contributed by atoms with van der Waals surface area (Å²) >= 11 is 0. The highest BCUT2D eigenvalue weighted by Crippen LogP contribution is 2.32. The zero-order valence-electron chi connectivity index (χ0n) is 37.9. The van der Waals surface area contributed by atoms with Crippen LogP contribution in [-0.2, 0) is 33.2 Å². The second-order valence-electron chi connectivity index (χ2n) is 18.7. The van der Waals surface area contributed by atoms with E-state index >= 15 is 0 Å². The first-order chi connectivity index (χ1) is 23.7. The third-order valence-corrected chi connectivity index (χ3v) is 8.68. The predicted octanol–water partition coefficient (Wildman–Crippen LogP) is 8.23. The van der Waals surface area contributed by atoms with E-state index in [9.17, 15) is 4.79 Å². The summed E-state index contributed by atoms with van der Waals surface area (Å²) in [6.45, 7) is 38.9. The SMILES string of the molecule is CC.CC(=O)OC(C)C.COC1CC(C)(C)NC(C)(C)C1.COCCCOC1CC(C)(C)NC(C)(C)C1.COCCOC1CC(C)(C)NC(C)(C)C1. The van der Waals surface area contributed by atoms with Crippen molar-refractivity contribution < 1.29 is 33.2 Å². The number of methoxy groups -OCH3 is 3. The fourth-order valence-corrected chi connectivity index (χ4v) is 8.17. The fourth-order valence-electron chi connectivity index (χ4n) is 8.17. The lowest BCUT2D eigenvalue weighted by molar-refractivity contribution is -0.144. The van der Waals surface area contributed by atoms with E-state index < -0.39 is 0 Å². The number of hydrogen-bond donors (Lipinski definition) is 3. The highest BCUT2D eigenvalue weighted by atomic mass is 16.5. The van der Waals surface area contributed by atoms with Crippen LogP contribution in [0.25, 0.3) is 0 Å². The van der Waals surface area contributed by atoms with E-state index in [1.165, 1.54) is 6.92 Å². The van der Waals surface area contributed by atoms with Crippen molar-refractivity contribution >= 4 is 5.97 Å². The van der Waals surface area contributed by atoms with Crippen molar-refractivity contribution in [2.75, 3.05) is 47.8 Å². The van der Waals surface area contributed by atoms with Crippen LogP contribution in [0.2, 0.25) is 0 Å². The van der Waals surface area contributed by atoms with Crippen LogP contribution in [-0.4, -0.2) is 111 Å². The summed E-state index contributed by atoms with van der Waals surface area (Å²) in [5, 5.41) is 10.9. The van der Waals surface area contributed by atoms with E-state index in [1.807, 2.05) is 34.8 Å². The molecule has 3 saturated heterocycles. The van der Waals surface area contributed by atoms with Gasteiger partial charge >= 0.3 is 5.97 Å². The molecular weight excluding hydrogens is 658 g/mol. The molecule has 3 aliphatic heterocycles. The highest BCUT2D eigenvalue weighted by Gasteiger charge is 2.39. The molecule has 0 saturated carbocycles. The normalized spacial score (nSPS) is 22.9. The molecule has 0 aromatic rings. The van der Waals surface area contributed by atoms with Crippen LogP contribution in [0.3, 0.4) is 0 Å². The molecule has 10 heteroatoms. The average Bonchev–Trinajstić information content (AvgIpc) is 2.92. The van der Waals surface area contributed by atoms with Crippen LogP contribution in [0.5, 0.6) is 0 Å². The summed E-state index contributed by atoms with van der Waals surface area (Å²) in [5.74, 6) is -0.213. The number of rotatable bonds is 11. The minimum Gasteiger partial charge on any atom is -0.463 e. The van der Waals surface area contributed by atoms with Gasteiger partial charge in [0.1, 0.15) is 0 Å². The third-order valence-electron chi connectivity index (χ3n) is 8.68. The van der Waals surface area contributed by atoms with Crippen molar-refractivity contribution in [3.8, 4) is 0 Å². The molecule has 0 amide bonds. The van der Waals surface area contributed by atoms with Gasteiger partial charge in [0.05, 0.1) is 37.6 Å². The third kappa shape index (κ3) is 27.7. The molecule has 314 valence electrons. The number of nitrogens with one attached hydrogen (secondary N) is 3. The number of hydrogen-bond acceptors (Lipinski definition) is 10. The van der Waals surface area contributed by atoms with Gasteiger partial charge in [-0.3, -0.25) is 4.79 Å². The maximum atomic E-state index is 10.0. The zero-order valence-corrected chi connectivity index (χ0v) is 37.9. The van der Waals surface area contributed by atoms with Crippen molar-refractivity contribution in [2.24, 2.45) is 0 Å². The van der Waals surface area contributed by atoms with Crippen LogP contribution < -0.4 is 16.0 Å². The summed E-state index contributed by atoms with van der Waals surface area (Å²) < 4.78 is 31.8. The molecule has 52 heavy (non-hydrogen) atoms. The van der Waals surface area contributed by atoms with E-state index in [0.717, 1.165) is 58.2 Å². The average molecular weight is 748 g/mol. The van der Waals surface area contributed by atoms with Crippen molar-refractivity contribution in [2.45, 2.75) is 220 Å². The first-order valence-electron chi connectivity index (χ1n) is 20.0. The van der Waals surface area contributed by atoms with Gasteiger partial charge in [0, 0.05) is 74.7 Å². The molecule has 0 aromatic carbocycles. The van der Waals surface area contributed by atoms with Gasteiger partial charge in [0.15, 0.2) is 0 Å². The molecule has 0 spiro atoms. The molecule has 0 radical (unpaired) electrons. The van der Waals surface area contributed by atoms with Gasteiger partial charge in [0.25, 0.3) is 0 Å². The summed E-state index contributed by atoms with van der Waals surface area (Å²) in [4.78, 5) is 10.0. The Bertz CT molecular complexity index is 887. The molecule has 10 nitrogen and oxygen atoms in total. The lowest BCUT2D eigenvalue weighted by Gasteiger charge is -2.46. The van der Waals surface area contributed by atoms with E-state index in [2.05, 4.69) is 104 Å². The van der Waals surface area contributed by atoms with Crippen LogP contribution in [0.4, 0.5) is 0 Å². The zero-order chi connectivity index (χ0) is 41.0. The standard InChI is InChI=1S/C13H27NO2.C12H25NO2.C10H21NO.C5H10O2.C2H6/c1-12(2)9-11(10-13(3,4)14-12)16-8-6-7-15-5;1-11(2)8-10(15-7-6-14-5)9-12(3,4)13-11;1-9(2)6-8(12-5)7-10(3,4)11-9;1-4(2)7-5(3)6;1-2/h11,14H,6-10H2,1-5H3;10,13H,6-9H2,1-5H3;8,11H,6-7H2,1-5H3;4H,1-3H3;1-2H3. The van der Waals surface area contributed by atoms with Crippen LogP contribution in [0, 0.1) is 0 Å². The fraction of sp³-hybridized carbons (Fsp3) is 0.976. The Balaban J connectivity index is 0. The Morgan fingerprint density at radius 2 is 0.846 bits per heavy atom. The van der Waals surface area contributed by atoms with Gasteiger partial charge in [-0.15, -0.1) is 0 Å². The molecular formula is C42H89N3O7. The Labute approximate surface area is 322 Å². The van der Waals surface area contributed by atoms with Crippen molar-refractivity contribution in [3.63, 3.8) is 0 Å². The topological polar surface area (TPSA) is 109 Å². The van der Waals surface area contributed by atoms with Crippen molar-refractivity contribution in [3.05, 3.63) is 0 Å². The second kappa shape index (κ2) is 24.6. The van der Waals surface area contributed by atoms with Gasteiger partial charge in [-0.2, -0.15) is 0 Å². The smallest absolute Gasteiger partial charge is 0.302 e. The van der Waals surface area contributed by atoms with Gasteiger partial charge in [-0.25, -0.2) is 0 Å². The number of piperidine rings is 3. The monoisotopic (exact) mass is 748 g/mol. The molecule has 0 aromatic heterocycles. The molecule has 0 bridgehead atoms. The highest BCUT2D eigenvalue weighted by molar-refractivity contribution is 5.66. The quantitative estimate of drug-likeness (QED) is 0.141. The molecule has 0 aliphatic carbocycles. The Morgan fingerprint density at radius 1 is 0.538 bits per heavy atom. The molecule has 3 rings (SSSR count). The van der Waals surface area contributed by atoms with Crippen molar-refractivity contribution in [1.29, 1.82) is 0 Å². The largest absolute Gasteiger partial charge is 0.463 e. The Morgan fingerprint density at radius 3 is 1.10 bits per heavy atom. The summed E-state index contributed by atoms with van der Waals surface area (Å²) in [6.07, 6.45) is 8.68.